The van der Waals surface area contributed by atoms with Crippen LogP contribution in [-0.4, -0.2) is 42.0 Å². The number of imidazole rings is 1. The van der Waals surface area contributed by atoms with Gasteiger partial charge >= 0.3 is 5.69 Å². The molecule has 0 bridgehead atoms. The molecule has 0 fully saturated rings. The number of hydrogen-bond donors (Lipinski definition) is 4. The lowest BCUT2D eigenvalue weighted by atomic mass is 10.1. The Labute approximate surface area is 148 Å². The van der Waals surface area contributed by atoms with Crippen LogP contribution in [0.15, 0.2) is 33.9 Å². The van der Waals surface area contributed by atoms with Gasteiger partial charge in [-0.1, -0.05) is 29.8 Å². The van der Waals surface area contributed by atoms with Crippen molar-refractivity contribution in [3.05, 3.63) is 56.2 Å². The highest BCUT2D eigenvalue weighted by Gasteiger charge is 2.19. The fourth-order valence-electron chi connectivity index (χ4n) is 2.70. The van der Waals surface area contributed by atoms with Crippen LogP contribution in [0, 0.1) is 6.92 Å². The summed E-state index contributed by atoms with van der Waals surface area (Å²) in [5.74, 6) is 0.333. The lowest BCUT2D eigenvalue weighted by Gasteiger charge is -2.13. The Kier molecular flexibility index (Phi) is 4.92. The minimum absolute atomic E-state index is 0.0372. The Morgan fingerprint density at radius 3 is 2.62 bits per heavy atom. The summed E-state index contributed by atoms with van der Waals surface area (Å²) in [5, 5.41) is 22.1. The van der Waals surface area contributed by atoms with E-state index in [2.05, 4.69) is 15.3 Å². The van der Waals surface area contributed by atoms with Crippen LogP contribution in [0.5, 0.6) is 0 Å². The monoisotopic (exact) mass is 359 g/mol. The van der Waals surface area contributed by atoms with Gasteiger partial charge in [-0.15, -0.1) is 0 Å². The Balaban J connectivity index is 2.04. The quantitative estimate of drug-likeness (QED) is 0.479. The molecular weight excluding hydrogens is 338 g/mol. The first-order chi connectivity index (χ1) is 12.4. The standard InChI is InChI=1S/C17H21N5O4/c1-10-3-5-11(6-4-10)7-18-16-19-14-13(22(16)8-12(24)9-23)15(25)20-17(26)21(14)2/h3-6,12,23-24H,7-9H2,1-2H3,(H,18,19)(H,20,25,26)/t12-/m0/s1. The second kappa shape index (κ2) is 7.14. The summed E-state index contributed by atoms with van der Waals surface area (Å²) in [4.78, 5) is 30.7. The van der Waals surface area contributed by atoms with Gasteiger partial charge in [0, 0.05) is 13.6 Å². The van der Waals surface area contributed by atoms with Crippen LogP contribution in [0.3, 0.4) is 0 Å². The lowest BCUT2D eigenvalue weighted by Crippen LogP contribution is -2.30. The van der Waals surface area contributed by atoms with E-state index in [-0.39, 0.29) is 17.7 Å². The topological polar surface area (TPSA) is 125 Å². The molecular formula is C17H21N5O4. The predicted molar refractivity (Wildman–Crippen MR) is 97.2 cm³/mol. The molecule has 2 heterocycles. The molecule has 9 nitrogen and oxygen atoms in total. The molecule has 0 aliphatic carbocycles. The minimum Gasteiger partial charge on any atom is -0.394 e. The number of rotatable bonds is 6. The lowest BCUT2D eigenvalue weighted by molar-refractivity contribution is 0.0825. The molecule has 2 aromatic heterocycles. The maximum absolute atomic E-state index is 12.3. The van der Waals surface area contributed by atoms with Crippen LogP contribution < -0.4 is 16.6 Å². The number of anilines is 1. The molecule has 4 N–H and O–H groups in total. The number of benzene rings is 1. The van der Waals surface area contributed by atoms with Crippen LogP contribution >= 0.6 is 0 Å². The number of aromatic nitrogens is 4. The van der Waals surface area contributed by atoms with Gasteiger partial charge in [-0.25, -0.2) is 4.79 Å². The number of H-pyrrole nitrogens is 1. The van der Waals surface area contributed by atoms with Gasteiger partial charge in [0.25, 0.3) is 5.56 Å². The van der Waals surface area contributed by atoms with Crippen molar-refractivity contribution < 1.29 is 10.2 Å². The van der Waals surface area contributed by atoms with Gasteiger partial charge in [-0.2, -0.15) is 4.98 Å². The van der Waals surface area contributed by atoms with E-state index in [1.807, 2.05) is 31.2 Å². The molecule has 138 valence electrons. The fraction of sp³-hybridized carbons (Fsp3) is 0.353. The van der Waals surface area contributed by atoms with Gasteiger partial charge in [0.05, 0.1) is 19.3 Å². The van der Waals surface area contributed by atoms with Crippen molar-refractivity contribution in [2.24, 2.45) is 7.05 Å². The van der Waals surface area contributed by atoms with Crippen molar-refractivity contribution in [3.63, 3.8) is 0 Å². The molecule has 0 unspecified atom stereocenters. The van der Waals surface area contributed by atoms with Gasteiger partial charge < -0.3 is 20.1 Å². The molecule has 0 saturated heterocycles. The van der Waals surface area contributed by atoms with Crippen LogP contribution in [-0.2, 0) is 20.1 Å². The smallest absolute Gasteiger partial charge is 0.329 e. The van der Waals surface area contributed by atoms with E-state index < -0.39 is 24.0 Å². The number of aromatic amines is 1. The molecule has 0 aliphatic heterocycles. The number of fused-ring (bicyclic) bond motifs is 1. The van der Waals surface area contributed by atoms with Gasteiger partial charge in [0.2, 0.25) is 5.95 Å². The highest BCUT2D eigenvalue weighted by Crippen LogP contribution is 2.17. The van der Waals surface area contributed by atoms with E-state index in [1.165, 1.54) is 16.2 Å². The number of aryl methyl sites for hydroxylation is 2. The average Bonchev–Trinajstić information content (AvgIpc) is 2.98. The molecule has 3 rings (SSSR count). The van der Waals surface area contributed by atoms with Crippen LogP contribution in [0.25, 0.3) is 11.2 Å². The van der Waals surface area contributed by atoms with Crippen molar-refractivity contribution in [3.8, 4) is 0 Å². The summed E-state index contributed by atoms with van der Waals surface area (Å²) in [7, 11) is 1.50. The molecule has 3 aromatic rings. The fourth-order valence-corrected chi connectivity index (χ4v) is 2.70. The first-order valence-electron chi connectivity index (χ1n) is 8.18. The third kappa shape index (κ3) is 3.39. The van der Waals surface area contributed by atoms with Gasteiger partial charge in [-0.3, -0.25) is 14.3 Å². The van der Waals surface area contributed by atoms with Crippen molar-refractivity contribution in [2.75, 3.05) is 11.9 Å². The molecule has 1 aromatic carbocycles. The van der Waals surface area contributed by atoms with Crippen molar-refractivity contribution in [1.29, 1.82) is 0 Å². The minimum atomic E-state index is -1.07. The van der Waals surface area contributed by atoms with Gasteiger partial charge in [0.1, 0.15) is 0 Å². The zero-order chi connectivity index (χ0) is 18.8. The molecule has 0 saturated carbocycles. The maximum atomic E-state index is 12.3. The van der Waals surface area contributed by atoms with E-state index >= 15 is 0 Å². The summed E-state index contributed by atoms with van der Waals surface area (Å²) in [6.45, 7) is 1.95. The third-order valence-corrected chi connectivity index (χ3v) is 4.18. The molecule has 0 radical (unpaired) electrons. The Morgan fingerprint density at radius 2 is 1.96 bits per heavy atom. The van der Waals surface area contributed by atoms with Crippen molar-refractivity contribution in [2.45, 2.75) is 26.1 Å². The van der Waals surface area contributed by atoms with Crippen molar-refractivity contribution >= 4 is 17.1 Å². The average molecular weight is 359 g/mol. The normalized spacial score (nSPS) is 12.5. The predicted octanol–water partition coefficient (Wildman–Crippen LogP) is -0.303. The Hall–Kier alpha value is -2.91. The van der Waals surface area contributed by atoms with Crippen LogP contribution in [0.1, 0.15) is 11.1 Å². The highest BCUT2D eigenvalue weighted by atomic mass is 16.3. The van der Waals surface area contributed by atoms with Gasteiger partial charge in [-0.05, 0) is 12.5 Å². The van der Waals surface area contributed by atoms with E-state index in [0.29, 0.717) is 12.5 Å². The summed E-state index contributed by atoms with van der Waals surface area (Å²) in [5.41, 5.74) is 1.36. The van der Waals surface area contributed by atoms with E-state index in [1.54, 1.807) is 0 Å². The number of aliphatic hydroxyl groups is 2. The number of aliphatic hydroxyl groups excluding tert-OH is 2. The third-order valence-electron chi connectivity index (χ3n) is 4.18. The Morgan fingerprint density at radius 1 is 1.27 bits per heavy atom. The number of nitrogens with one attached hydrogen (secondary N) is 2. The first kappa shape index (κ1) is 17.9. The Bertz CT molecular complexity index is 1030. The van der Waals surface area contributed by atoms with Crippen LogP contribution in [0.2, 0.25) is 0 Å². The number of hydrogen-bond acceptors (Lipinski definition) is 6. The van der Waals surface area contributed by atoms with Gasteiger partial charge in [0.15, 0.2) is 11.2 Å². The zero-order valence-corrected chi connectivity index (χ0v) is 14.6. The molecule has 0 amide bonds. The summed E-state index contributed by atoms with van der Waals surface area (Å²) in [6, 6.07) is 7.93. The molecule has 0 aliphatic rings. The molecule has 9 heteroatoms. The summed E-state index contributed by atoms with van der Waals surface area (Å²) in [6.07, 6.45) is -1.07. The molecule has 26 heavy (non-hydrogen) atoms. The van der Waals surface area contributed by atoms with E-state index in [4.69, 9.17) is 5.11 Å². The van der Waals surface area contributed by atoms with E-state index in [9.17, 15) is 14.7 Å². The van der Waals surface area contributed by atoms with E-state index in [0.717, 1.165) is 11.1 Å². The largest absolute Gasteiger partial charge is 0.394 e. The second-order valence-electron chi connectivity index (χ2n) is 6.21. The maximum Gasteiger partial charge on any atom is 0.329 e. The summed E-state index contributed by atoms with van der Waals surface area (Å²) >= 11 is 0. The highest BCUT2D eigenvalue weighted by molar-refractivity contribution is 5.74. The molecule has 1 atom stereocenters. The molecule has 0 spiro atoms. The van der Waals surface area contributed by atoms with Crippen molar-refractivity contribution in [1.82, 2.24) is 19.1 Å². The first-order valence-corrected chi connectivity index (χ1v) is 8.18. The van der Waals surface area contributed by atoms with Crippen LogP contribution in [0.4, 0.5) is 5.95 Å². The SMILES string of the molecule is Cc1ccc(CNc2nc3c(c(=O)[nH]c(=O)n3C)n2C[C@H](O)CO)cc1. The number of nitrogens with zero attached hydrogens (tertiary/aromatic N) is 3. The zero-order valence-electron chi connectivity index (χ0n) is 14.6. The summed E-state index contributed by atoms with van der Waals surface area (Å²) < 4.78 is 2.71. The second-order valence-corrected chi connectivity index (χ2v) is 6.21.